The van der Waals surface area contributed by atoms with E-state index in [2.05, 4.69) is 36.6 Å². The van der Waals surface area contributed by atoms with Gasteiger partial charge in [0.15, 0.2) is 0 Å². The van der Waals surface area contributed by atoms with E-state index < -0.39 is 6.10 Å². The molecule has 200 valence electrons. The molecule has 6 rings (SSSR count). The van der Waals surface area contributed by atoms with Gasteiger partial charge < -0.3 is 26.0 Å². The molecule has 0 heterocycles. The largest absolute Gasteiger partial charge is 0.508 e. The Morgan fingerprint density at radius 1 is 1.03 bits per heavy atom. The Morgan fingerprint density at radius 2 is 1.68 bits per heavy atom. The number of hydrogen-bond acceptors (Lipinski definition) is 5. The first-order chi connectivity index (χ1) is 17.6. The van der Waals surface area contributed by atoms with Gasteiger partial charge in [-0.1, -0.05) is 30.3 Å². The molecule has 0 unspecified atom stereocenters. The summed E-state index contributed by atoms with van der Waals surface area (Å²) in [5, 5.41) is 36.7. The fourth-order valence-corrected chi connectivity index (χ4v) is 7.64. The zero-order chi connectivity index (χ0) is 26.2. The predicted molar refractivity (Wildman–Crippen MR) is 144 cm³/mol. The lowest BCUT2D eigenvalue weighted by atomic mass is 9.53. The van der Waals surface area contributed by atoms with Gasteiger partial charge >= 0.3 is 0 Å². The van der Waals surface area contributed by atoms with Crippen LogP contribution >= 0.6 is 0 Å². The van der Waals surface area contributed by atoms with Crippen molar-refractivity contribution in [1.82, 2.24) is 10.6 Å². The maximum absolute atomic E-state index is 13.1. The number of aliphatic hydroxyl groups excluding tert-OH is 2. The summed E-state index contributed by atoms with van der Waals surface area (Å²) in [7, 11) is 0. The topological polar surface area (TPSA) is 102 Å². The van der Waals surface area contributed by atoms with Gasteiger partial charge in [0.1, 0.15) is 5.75 Å². The molecular weight excluding hydrogens is 464 g/mol. The van der Waals surface area contributed by atoms with Crippen LogP contribution in [0.1, 0.15) is 80.7 Å². The third kappa shape index (κ3) is 6.19. The summed E-state index contributed by atoms with van der Waals surface area (Å²) in [6.45, 7) is 4.27. The minimum Gasteiger partial charge on any atom is -0.508 e. The van der Waals surface area contributed by atoms with Gasteiger partial charge in [-0.3, -0.25) is 4.79 Å². The highest BCUT2D eigenvalue weighted by Crippen LogP contribution is 2.55. The van der Waals surface area contributed by atoms with E-state index in [9.17, 15) is 20.1 Å². The molecule has 37 heavy (non-hydrogen) atoms. The molecule has 0 radical (unpaired) electrons. The second kappa shape index (κ2) is 10.4. The second-order valence-electron chi connectivity index (χ2n) is 12.7. The molecule has 0 aromatic heterocycles. The van der Waals surface area contributed by atoms with Crippen LogP contribution in [0.25, 0.3) is 0 Å². The Kier molecular flexibility index (Phi) is 7.36. The molecule has 0 saturated heterocycles. The smallest absolute Gasteiger partial charge is 0.224 e. The van der Waals surface area contributed by atoms with Crippen LogP contribution in [0.3, 0.4) is 0 Å². The Balaban J connectivity index is 1.15. The van der Waals surface area contributed by atoms with E-state index in [0.29, 0.717) is 24.1 Å². The number of rotatable bonds is 10. The van der Waals surface area contributed by atoms with E-state index in [-0.39, 0.29) is 29.3 Å². The molecule has 6 nitrogen and oxygen atoms in total. The van der Waals surface area contributed by atoms with Crippen LogP contribution in [0.2, 0.25) is 0 Å². The molecule has 0 spiro atoms. The summed E-state index contributed by atoms with van der Waals surface area (Å²) >= 11 is 0. The number of hydrogen-bond donors (Lipinski definition) is 5. The van der Waals surface area contributed by atoms with Gasteiger partial charge in [-0.25, -0.2) is 0 Å². The van der Waals surface area contributed by atoms with Crippen LogP contribution in [0, 0.1) is 17.8 Å². The van der Waals surface area contributed by atoms with Gasteiger partial charge in [-0.2, -0.15) is 0 Å². The lowest BCUT2D eigenvalue weighted by Crippen LogP contribution is -2.60. The molecule has 2 aromatic carbocycles. The van der Waals surface area contributed by atoms with E-state index in [1.807, 2.05) is 12.1 Å². The Labute approximate surface area is 220 Å². The van der Waals surface area contributed by atoms with Gasteiger partial charge in [0.2, 0.25) is 5.91 Å². The fraction of sp³-hybridized carbons (Fsp3) is 0.581. The predicted octanol–water partition coefficient (Wildman–Crippen LogP) is 4.16. The van der Waals surface area contributed by atoms with Crippen molar-refractivity contribution in [2.45, 2.75) is 89.0 Å². The normalized spacial score (nSPS) is 27.3. The molecule has 0 aliphatic heterocycles. The number of carbonyl (C=O) groups is 1. The highest BCUT2D eigenvalue weighted by molar-refractivity contribution is 5.79. The molecule has 1 amide bonds. The molecule has 5 N–H and O–H groups in total. The summed E-state index contributed by atoms with van der Waals surface area (Å²) in [5.74, 6) is 2.62. The number of nitrogens with one attached hydrogen (secondary N) is 2. The molecule has 1 atom stereocenters. The average Bonchev–Trinajstić information content (AvgIpc) is 2.81. The van der Waals surface area contributed by atoms with Gasteiger partial charge in [-0.05, 0) is 105 Å². The van der Waals surface area contributed by atoms with Crippen LogP contribution in [0.15, 0.2) is 42.5 Å². The van der Waals surface area contributed by atoms with Crippen molar-refractivity contribution in [3.8, 4) is 5.75 Å². The van der Waals surface area contributed by atoms with Gasteiger partial charge in [0.05, 0.1) is 19.1 Å². The molecule has 4 fully saturated rings. The molecule has 6 heteroatoms. The molecule has 2 aromatic rings. The summed E-state index contributed by atoms with van der Waals surface area (Å²) in [5.41, 5.74) is 3.01. The maximum Gasteiger partial charge on any atom is 0.224 e. The zero-order valence-electron chi connectivity index (χ0n) is 22.2. The van der Waals surface area contributed by atoms with Gasteiger partial charge in [-0.15, -0.1) is 0 Å². The van der Waals surface area contributed by atoms with Crippen LogP contribution in [0.5, 0.6) is 5.75 Å². The van der Waals surface area contributed by atoms with Crippen molar-refractivity contribution in [1.29, 1.82) is 0 Å². The Morgan fingerprint density at radius 3 is 2.32 bits per heavy atom. The van der Waals surface area contributed by atoms with E-state index >= 15 is 0 Å². The van der Waals surface area contributed by atoms with Crippen LogP contribution in [-0.2, 0) is 24.2 Å². The SMILES string of the molecule is CC(C)(Cc1cccc(CC(=O)NC23CC4CC(CC(C4)C2)C3)c1)NC[C@H](O)c1ccc(O)c(CO)c1. The number of β-amino-alcohol motifs (C(OH)–C–C–N with tert-alkyl or cyclic N) is 1. The van der Waals surface area contributed by atoms with Crippen molar-refractivity contribution in [2.75, 3.05) is 6.54 Å². The third-order valence-corrected chi connectivity index (χ3v) is 8.88. The Hall–Kier alpha value is -2.41. The first-order valence-electron chi connectivity index (χ1n) is 13.9. The number of benzene rings is 2. The number of phenols is 1. The number of carbonyl (C=O) groups excluding carboxylic acids is 1. The van der Waals surface area contributed by atoms with Crippen LogP contribution < -0.4 is 10.6 Å². The monoisotopic (exact) mass is 506 g/mol. The maximum atomic E-state index is 13.1. The van der Waals surface area contributed by atoms with Gasteiger partial charge in [0, 0.05) is 23.2 Å². The lowest BCUT2D eigenvalue weighted by Gasteiger charge is -2.56. The Bertz CT molecular complexity index is 1090. The van der Waals surface area contributed by atoms with E-state index in [1.54, 1.807) is 12.1 Å². The number of amides is 1. The first kappa shape index (κ1) is 26.2. The van der Waals surface area contributed by atoms with E-state index in [0.717, 1.165) is 35.3 Å². The van der Waals surface area contributed by atoms with Crippen LogP contribution in [0.4, 0.5) is 0 Å². The molecular formula is C31H42N2O4. The third-order valence-electron chi connectivity index (χ3n) is 8.88. The first-order valence-corrected chi connectivity index (χ1v) is 13.9. The minimum absolute atomic E-state index is 0.0261. The van der Waals surface area contributed by atoms with E-state index in [1.165, 1.54) is 44.6 Å². The summed E-state index contributed by atoms with van der Waals surface area (Å²) in [6, 6.07) is 13.1. The molecule has 4 aliphatic rings. The average molecular weight is 507 g/mol. The number of aromatic hydroxyl groups is 1. The fourth-order valence-electron chi connectivity index (χ4n) is 7.64. The summed E-state index contributed by atoms with van der Waals surface area (Å²) < 4.78 is 0. The zero-order valence-corrected chi connectivity index (χ0v) is 22.2. The standard InChI is InChI=1S/C31H42N2O4/c1-30(2,32-18-28(36)25-6-7-27(35)26(13-25)19-34)14-21-5-3-4-20(8-21)12-29(37)33-31-15-22-9-23(16-31)11-24(10-22)17-31/h3-8,13,22-24,28,32,34-36H,9-12,14-19H2,1-2H3,(H,33,37)/t22?,23?,24?,28-,31?/m0/s1. The summed E-state index contributed by atoms with van der Waals surface area (Å²) in [4.78, 5) is 13.1. The highest BCUT2D eigenvalue weighted by Gasteiger charge is 2.51. The van der Waals surface area contributed by atoms with Crippen molar-refractivity contribution < 1.29 is 20.1 Å². The van der Waals surface area contributed by atoms with Crippen molar-refractivity contribution in [2.24, 2.45) is 17.8 Å². The van der Waals surface area contributed by atoms with Crippen molar-refractivity contribution in [3.63, 3.8) is 0 Å². The quantitative estimate of drug-likeness (QED) is 0.333. The van der Waals surface area contributed by atoms with Crippen LogP contribution in [-0.4, -0.2) is 38.8 Å². The summed E-state index contributed by atoms with van der Waals surface area (Å²) in [6.07, 6.45) is 8.03. The second-order valence-corrected chi connectivity index (χ2v) is 12.7. The highest BCUT2D eigenvalue weighted by atomic mass is 16.3. The molecule has 4 aliphatic carbocycles. The van der Waals surface area contributed by atoms with Crippen molar-refractivity contribution in [3.05, 3.63) is 64.7 Å². The number of aliphatic hydroxyl groups is 2. The van der Waals surface area contributed by atoms with Crippen molar-refractivity contribution >= 4 is 5.91 Å². The molecule has 4 bridgehead atoms. The lowest BCUT2D eigenvalue weighted by molar-refractivity contribution is -0.126. The molecule has 4 saturated carbocycles. The van der Waals surface area contributed by atoms with Gasteiger partial charge in [0.25, 0.3) is 0 Å². The van der Waals surface area contributed by atoms with E-state index in [4.69, 9.17) is 0 Å². The minimum atomic E-state index is -0.759.